The Morgan fingerprint density at radius 1 is 1.12 bits per heavy atom. The number of phenols is 2. The van der Waals surface area contributed by atoms with Gasteiger partial charge in [-0.1, -0.05) is 12.1 Å². The molecule has 0 aliphatic rings. The first-order valence-corrected chi connectivity index (χ1v) is 7.77. The van der Waals surface area contributed by atoms with Crippen LogP contribution >= 0.6 is 0 Å². The van der Waals surface area contributed by atoms with Crippen molar-refractivity contribution in [3.05, 3.63) is 47.0 Å². The fourth-order valence-electron chi connectivity index (χ4n) is 2.66. The average molecular weight is 335 g/mol. The van der Waals surface area contributed by atoms with Crippen molar-refractivity contribution < 1.29 is 15.0 Å². The van der Waals surface area contributed by atoms with Crippen LogP contribution in [0.4, 0.5) is 0 Å². The highest BCUT2D eigenvalue weighted by atomic mass is 16.3. The third kappa shape index (κ3) is 3.24. The first-order chi connectivity index (χ1) is 12.0. The molecule has 2 N–H and O–H groups in total. The van der Waals surface area contributed by atoms with Crippen LogP contribution in [0.5, 0.6) is 11.5 Å². The van der Waals surface area contributed by atoms with Gasteiger partial charge < -0.3 is 15.1 Å². The number of hydrogen-bond donors (Lipinski definition) is 2. The van der Waals surface area contributed by atoms with Gasteiger partial charge in [-0.25, -0.2) is 0 Å². The Morgan fingerprint density at radius 3 is 2.36 bits per heavy atom. The van der Waals surface area contributed by atoms with Crippen LogP contribution in [0.25, 0.3) is 11.1 Å². The van der Waals surface area contributed by atoms with E-state index >= 15 is 0 Å². The van der Waals surface area contributed by atoms with Gasteiger partial charge in [-0.3, -0.25) is 4.79 Å². The third-order valence-corrected chi connectivity index (χ3v) is 3.96. The van der Waals surface area contributed by atoms with E-state index in [2.05, 4.69) is 0 Å². The van der Waals surface area contributed by atoms with Crippen molar-refractivity contribution in [2.75, 3.05) is 13.1 Å². The van der Waals surface area contributed by atoms with E-state index in [4.69, 9.17) is 0 Å². The maximum absolute atomic E-state index is 12.5. The molecule has 0 aliphatic heterocycles. The van der Waals surface area contributed by atoms with Gasteiger partial charge in [-0.05, 0) is 31.5 Å². The minimum Gasteiger partial charge on any atom is -0.504 e. The maximum Gasteiger partial charge on any atom is 0.253 e. The Labute approximate surface area is 145 Å². The summed E-state index contributed by atoms with van der Waals surface area (Å²) in [5.41, 5.74) is 0.890. The summed E-state index contributed by atoms with van der Waals surface area (Å²) in [6.07, 6.45) is 0. The Kier molecular flexibility index (Phi) is 5.26. The molecule has 0 unspecified atom stereocenters. The molecule has 0 bridgehead atoms. The summed E-state index contributed by atoms with van der Waals surface area (Å²) in [5, 5.41) is 38.3. The molecule has 0 saturated heterocycles. The molecule has 0 fully saturated rings. The molecule has 0 atom stereocenters. The van der Waals surface area contributed by atoms with Gasteiger partial charge in [-0.2, -0.15) is 10.5 Å². The molecule has 0 spiro atoms. The maximum atomic E-state index is 12.5. The summed E-state index contributed by atoms with van der Waals surface area (Å²) in [5.74, 6) is -1.28. The molecule has 25 heavy (non-hydrogen) atoms. The van der Waals surface area contributed by atoms with Gasteiger partial charge in [0.05, 0.1) is 11.6 Å². The van der Waals surface area contributed by atoms with Crippen LogP contribution in [-0.2, 0) is 0 Å². The number of phenolic OH excluding ortho intramolecular Hbond substituents is 2. The first kappa shape index (κ1) is 17.8. The predicted octanol–water partition coefficient (Wildman–Crippen LogP) is 2.99. The van der Waals surface area contributed by atoms with Crippen LogP contribution in [0.1, 0.15) is 35.3 Å². The van der Waals surface area contributed by atoms with Crippen LogP contribution in [0.3, 0.4) is 0 Å². The highest BCUT2D eigenvalue weighted by Gasteiger charge is 2.20. The molecule has 0 radical (unpaired) electrons. The zero-order valence-electron chi connectivity index (χ0n) is 13.9. The van der Waals surface area contributed by atoms with E-state index in [-0.39, 0.29) is 22.6 Å². The molecular weight excluding hydrogens is 318 g/mol. The Morgan fingerprint density at radius 2 is 1.80 bits per heavy atom. The van der Waals surface area contributed by atoms with Crippen molar-refractivity contribution in [1.82, 2.24) is 4.90 Å². The van der Waals surface area contributed by atoms with Crippen molar-refractivity contribution in [2.24, 2.45) is 0 Å². The van der Waals surface area contributed by atoms with Gasteiger partial charge in [0.15, 0.2) is 11.5 Å². The minimum atomic E-state index is -0.586. The zero-order valence-corrected chi connectivity index (χ0v) is 13.9. The summed E-state index contributed by atoms with van der Waals surface area (Å²) in [4.78, 5) is 14.2. The molecule has 126 valence electrons. The van der Waals surface area contributed by atoms with Crippen molar-refractivity contribution in [3.8, 4) is 34.8 Å². The van der Waals surface area contributed by atoms with Crippen LogP contribution in [0, 0.1) is 22.7 Å². The molecule has 0 saturated carbocycles. The number of carbonyl (C=O) groups is 1. The molecule has 6 heteroatoms. The van der Waals surface area contributed by atoms with E-state index in [1.54, 1.807) is 29.2 Å². The van der Waals surface area contributed by atoms with Crippen molar-refractivity contribution in [3.63, 3.8) is 0 Å². The second-order valence-electron chi connectivity index (χ2n) is 5.32. The van der Waals surface area contributed by atoms with Crippen LogP contribution < -0.4 is 0 Å². The van der Waals surface area contributed by atoms with Gasteiger partial charge in [0.2, 0.25) is 0 Å². The van der Waals surface area contributed by atoms with Gasteiger partial charge in [0.25, 0.3) is 5.91 Å². The summed E-state index contributed by atoms with van der Waals surface area (Å²) in [6.45, 7) is 4.88. The second-order valence-corrected chi connectivity index (χ2v) is 5.32. The van der Waals surface area contributed by atoms with Crippen LogP contribution in [-0.4, -0.2) is 34.1 Å². The number of nitriles is 2. The minimum absolute atomic E-state index is 0.0410. The number of benzene rings is 2. The van der Waals surface area contributed by atoms with Crippen LogP contribution in [0.15, 0.2) is 30.3 Å². The molecule has 2 aromatic rings. The molecule has 0 heterocycles. The summed E-state index contributed by atoms with van der Waals surface area (Å²) in [6, 6.07) is 11.4. The Hall–Kier alpha value is -3.51. The average Bonchev–Trinajstić information content (AvgIpc) is 2.64. The van der Waals surface area contributed by atoms with Gasteiger partial charge in [0.1, 0.15) is 11.6 Å². The quantitative estimate of drug-likeness (QED) is 0.835. The van der Waals surface area contributed by atoms with E-state index in [0.29, 0.717) is 24.2 Å². The van der Waals surface area contributed by atoms with Gasteiger partial charge >= 0.3 is 0 Å². The SMILES string of the molecule is CCN(CC)C(=O)c1cccc(-c2c(C#N)cc(O)c(O)c2C#N)c1. The highest BCUT2D eigenvalue weighted by Crippen LogP contribution is 2.39. The lowest BCUT2D eigenvalue weighted by Crippen LogP contribution is -2.30. The van der Waals surface area contributed by atoms with Crippen molar-refractivity contribution in [1.29, 1.82) is 10.5 Å². The number of amides is 1. The smallest absolute Gasteiger partial charge is 0.253 e. The zero-order chi connectivity index (χ0) is 18.6. The van der Waals surface area contributed by atoms with E-state index in [1.807, 2.05) is 26.0 Å². The Bertz CT molecular complexity index is 903. The fraction of sp³-hybridized carbons (Fsp3) is 0.211. The number of rotatable bonds is 4. The number of hydrogen-bond acceptors (Lipinski definition) is 5. The topological polar surface area (TPSA) is 108 Å². The number of aromatic hydroxyl groups is 2. The molecule has 6 nitrogen and oxygen atoms in total. The summed E-state index contributed by atoms with van der Waals surface area (Å²) in [7, 11) is 0. The van der Waals surface area contributed by atoms with Gasteiger partial charge in [0, 0.05) is 30.3 Å². The first-order valence-electron chi connectivity index (χ1n) is 7.77. The Balaban J connectivity index is 2.68. The molecule has 0 aliphatic carbocycles. The lowest BCUT2D eigenvalue weighted by atomic mass is 9.93. The monoisotopic (exact) mass is 335 g/mol. The summed E-state index contributed by atoms with van der Waals surface area (Å²) >= 11 is 0. The molecule has 0 aromatic heterocycles. The third-order valence-electron chi connectivity index (χ3n) is 3.96. The normalized spacial score (nSPS) is 9.92. The highest BCUT2D eigenvalue weighted by molar-refractivity contribution is 5.96. The molecular formula is C19H17N3O3. The van der Waals surface area contributed by atoms with E-state index in [1.165, 1.54) is 0 Å². The van der Waals surface area contributed by atoms with Crippen molar-refractivity contribution in [2.45, 2.75) is 13.8 Å². The van der Waals surface area contributed by atoms with E-state index < -0.39 is 11.5 Å². The molecule has 2 rings (SSSR count). The standard InChI is InChI=1S/C19H17N3O3/c1-3-22(4-2)19(25)13-7-5-6-12(8-13)17-14(10-20)9-16(23)18(24)15(17)11-21/h5-9,23-24H,3-4H2,1-2H3. The lowest BCUT2D eigenvalue weighted by Gasteiger charge is -2.19. The van der Waals surface area contributed by atoms with Crippen molar-refractivity contribution >= 4 is 5.91 Å². The predicted molar refractivity (Wildman–Crippen MR) is 91.9 cm³/mol. The lowest BCUT2D eigenvalue weighted by molar-refractivity contribution is 0.0773. The van der Waals surface area contributed by atoms with Crippen LogP contribution in [0.2, 0.25) is 0 Å². The number of nitrogens with zero attached hydrogens (tertiary/aromatic N) is 3. The largest absolute Gasteiger partial charge is 0.504 e. The van der Waals surface area contributed by atoms with E-state index in [9.17, 15) is 25.5 Å². The molecule has 1 amide bonds. The second kappa shape index (κ2) is 7.37. The van der Waals surface area contributed by atoms with Gasteiger partial charge in [-0.15, -0.1) is 0 Å². The van der Waals surface area contributed by atoms with E-state index in [0.717, 1.165) is 6.07 Å². The molecule has 2 aromatic carbocycles. The number of carbonyl (C=O) groups excluding carboxylic acids is 1. The fourth-order valence-corrected chi connectivity index (χ4v) is 2.66. The summed E-state index contributed by atoms with van der Waals surface area (Å²) < 4.78 is 0.